The molecule has 2 unspecified atom stereocenters. The summed E-state index contributed by atoms with van der Waals surface area (Å²) in [6, 6.07) is 13.0. The van der Waals surface area contributed by atoms with Gasteiger partial charge < -0.3 is 21.1 Å². The Kier molecular flexibility index (Phi) is 9.31. The quantitative estimate of drug-likeness (QED) is 0.217. The van der Waals surface area contributed by atoms with Crippen molar-refractivity contribution in [1.82, 2.24) is 10.6 Å². The van der Waals surface area contributed by atoms with Gasteiger partial charge in [0.15, 0.2) is 0 Å². The molecule has 0 saturated heterocycles. The molecule has 228 valence electrons. The molecule has 0 fully saturated rings. The molecular weight excluding hydrogens is 580 g/mol. The summed E-state index contributed by atoms with van der Waals surface area (Å²) in [5.74, 6) is -1.77. The topological polar surface area (TPSA) is 108 Å². The van der Waals surface area contributed by atoms with E-state index in [-0.39, 0.29) is 30.5 Å². The van der Waals surface area contributed by atoms with Gasteiger partial charge in [-0.05, 0) is 72.2 Å². The molecule has 3 aromatic carbocycles. The number of rotatable bonds is 8. The maximum Gasteiger partial charge on any atom is 0.416 e. The Morgan fingerprint density at radius 1 is 0.860 bits per heavy atom. The predicted octanol–water partition coefficient (Wildman–Crippen LogP) is 6.60. The van der Waals surface area contributed by atoms with E-state index in [2.05, 4.69) is 16.0 Å². The first-order chi connectivity index (χ1) is 20.2. The molecule has 0 aromatic heterocycles. The highest BCUT2D eigenvalue weighted by molar-refractivity contribution is 5.94. The number of alkyl halides is 6. The summed E-state index contributed by atoms with van der Waals surface area (Å²) < 4.78 is 79.9. The number of amides is 3. The number of carbonyl (C=O) groups is 3. The van der Waals surface area contributed by atoms with Crippen LogP contribution in [0.3, 0.4) is 0 Å². The Labute approximate surface area is 242 Å². The first kappa shape index (κ1) is 31.4. The van der Waals surface area contributed by atoms with Crippen molar-refractivity contribution < 1.29 is 45.8 Å². The molecule has 13 heteroatoms. The van der Waals surface area contributed by atoms with Crippen molar-refractivity contribution in [3.63, 3.8) is 0 Å². The molecule has 0 spiro atoms. The van der Waals surface area contributed by atoms with Crippen LogP contribution in [0.1, 0.15) is 57.1 Å². The average molecular weight is 608 g/mol. The Morgan fingerprint density at radius 2 is 1.47 bits per heavy atom. The van der Waals surface area contributed by atoms with Crippen LogP contribution in [0, 0.1) is 5.92 Å². The van der Waals surface area contributed by atoms with Crippen LogP contribution < -0.4 is 16.0 Å². The van der Waals surface area contributed by atoms with Gasteiger partial charge in [-0.3, -0.25) is 9.59 Å². The van der Waals surface area contributed by atoms with Crippen LogP contribution in [-0.4, -0.2) is 29.6 Å². The van der Waals surface area contributed by atoms with Crippen LogP contribution in [0.2, 0.25) is 0 Å². The van der Waals surface area contributed by atoms with Gasteiger partial charge in [0.25, 0.3) is 5.91 Å². The van der Waals surface area contributed by atoms with E-state index in [1.54, 1.807) is 12.1 Å². The third-order valence-electron chi connectivity index (χ3n) is 7.14. The zero-order valence-corrected chi connectivity index (χ0v) is 22.5. The largest absolute Gasteiger partial charge is 0.481 e. The summed E-state index contributed by atoms with van der Waals surface area (Å²) in [6.07, 6.45) is -8.55. The molecule has 0 radical (unpaired) electrons. The van der Waals surface area contributed by atoms with Gasteiger partial charge in [-0.2, -0.15) is 26.3 Å². The molecule has 7 nitrogen and oxygen atoms in total. The lowest BCUT2D eigenvalue weighted by atomic mass is 9.78. The van der Waals surface area contributed by atoms with E-state index in [1.807, 2.05) is 24.3 Å². The van der Waals surface area contributed by atoms with Gasteiger partial charge in [0.05, 0.1) is 23.6 Å². The summed E-state index contributed by atoms with van der Waals surface area (Å²) in [5, 5.41) is 16.1. The summed E-state index contributed by atoms with van der Waals surface area (Å²) >= 11 is 0. The molecule has 1 aliphatic rings. The second-order valence-corrected chi connectivity index (χ2v) is 10.2. The summed E-state index contributed by atoms with van der Waals surface area (Å²) in [4.78, 5) is 36.1. The van der Waals surface area contributed by atoms with E-state index in [1.165, 1.54) is 12.1 Å². The maximum absolute atomic E-state index is 13.3. The maximum atomic E-state index is 13.3. The standard InChI is InChI=1S/C30H27F6N3O4/c31-29(32,33)22-14-23(30(34,35)36)16-24(15-22)38-28(43)39-26(21-10-5-17-3-1-2-4-20(17)13-21)18-6-8-19(9-7-18)27(42)37-12-11-25(40)41/h1-4,6-9,14-16,21,26H,5,10-13H2,(H,37,42)(H,40,41)(H2,38,39,43). The summed E-state index contributed by atoms with van der Waals surface area (Å²) in [7, 11) is 0. The van der Waals surface area contributed by atoms with E-state index in [0.717, 1.165) is 11.1 Å². The van der Waals surface area contributed by atoms with E-state index in [0.29, 0.717) is 37.0 Å². The molecule has 3 amide bonds. The lowest BCUT2D eigenvalue weighted by Crippen LogP contribution is -2.38. The number of carboxylic acid groups (broad SMARTS) is 1. The third-order valence-corrected chi connectivity index (χ3v) is 7.14. The van der Waals surface area contributed by atoms with Crippen LogP contribution in [0.4, 0.5) is 36.8 Å². The molecule has 0 aliphatic heterocycles. The SMILES string of the molecule is O=C(O)CCNC(=O)c1ccc(C(NC(=O)Nc2cc(C(F)(F)F)cc(C(F)(F)F)c2)C2CCc3ccccc3C2)cc1. The highest BCUT2D eigenvalue weighted by Gasteiger charge is 2.37. The predicted molar refractivity (Wildman–Crippen MR) is 144 cm³/mol. The van der Waals surface area contributed by atoms with Crippen molar-refractivity contribution in [2.45, 2.75) is 44.1 Å². The molecule has 0 saturated carbocycles. The van der Waals surface area contributed by atoms with Gasteiger partial charge in [0.2, 0.25) is 0 Å². The monoisotopic (exact) mass is 607 g/mol. The molecule has 1 aliphatic carbocycles. The number of fused-ring (bicyclic) bond motifs is 1. The number of nitrogens with one attached hydrogen (secondary N) is 3. The Morgan fingerprint density at radius 3 is 2.05 bits per heavy atom. The molecule has 4 rings (SSSR count). The van der Waals surface area contributed by atoms with Gasteiger partial charge in [0, 0.05) is 17.8 Å². The zero-order valence-electron chi connectivity index (χ0n) is 22.5. The van der Waals surface area contributed by atoms with Gasteiger partial charge >= 0.3 is 24.4 Å². The third kappa shape index (κ3) is 8.27. The van der Waals surface area contributed by atoms with E-state index in [4.69, 9.17) is 5.11 Å². The number of halogens is 6. The number of carboxylic acids is 1. The highest BCUT2D eigenvalue weighted by atomic mass is 19.4. The minimum Gasteiger partial charge on any atom is -0.481 e. The van der Waals surface area contributed by atoms with Crippen molar-refractivity contribution in [2.24, 2.45) is 5.92 Å². The number of carbonyl (C=O) groups excluding carboxylic acids is 2. The summed E-state index contributed by atoms with van der Waals surface area (Å²) in [5.41, 5.74) is -0.824. The minimum atomic E-state index is -5.08. The van der Waals surface area contributed by atoms with Crippen LogP contribution in [0.15, 0.2) is 66.7 Å². The first-order valence-electron chi connectivity index (χ1n) is 13.2. The van der Waals surface area contributed by atoms with Crippen LogP contribution in [0.25, 0.3) is 0 Å². The first-order valence-corrected chi connectivity index (χ1v) is 13.2. The molecule has 4 N–H and O–H groups in total. The van der Waals surface area contributed by atoms with Gasteiger partial charge in [0.1, 0.15) is 0 Å². The van der Waals surface area contributed by atoms with Crippen molar-refractivity contribution in [2.75, 3.05) is 11.9 Å². The second kappa shape index (κ2) is 12.8. The Hall–Kier alpha value is -4.55. The van der Waals surface area contributed by atoms with E-state index < -0.39 is 53.1 Å². The van der Waals surface area contributed by atoms with Crippen molar-refractivity contribution >= 4 is 23.6 Å². The van der Waals surface area contributed by atoms with Crippen LogP contribution in [-0.2, 0) is 30.0 Å². The van der Waals surface area contributed by atoms with Gasteiger partial charge in [-0.15, -0.1) is 0 Å². The number of urea groups is 1. The zero-order chi connectivity index (χ0) is 31.4. The molecule has 0 bridgehead atoms. The van der Waals surface area contributed by atoms with E-state index in [9.17, 15) is 40.7 Å². The number of benzene rings is 3. The van der Waals surface area contributed by atoms with Gasteiger partial charge in [-0.25, -0.2) is 4.79 Å². The lowest BCUT2D eigenvalue weighted by molar-refractivity contribution is -0.143. The number of hydrogen-bond acceptors (Lipinski definition) is 3. The molecule has 2 atom stereocenters. The van der Waals surface area contributed by atoms with E-state index >= 15 is 0 Å². The van der Waals surface area contributed by atoms with Crippen molar-refractivity contribution in [3.05, 3.63) is 100 Å². The van der Waals surface area contributed by atoms with Crippen LogP contribution >= 0.6 is 0 Å². The Balaban J connectivity index is 1.59. The highest BCUT2D eigenvalue weighted by Crippen LogP contribution is 2.38. The fourth-order valence-electron chi connectivity index (χ4n) is 5.05. The smallest absolute Gasteiger partial charge is 0.416 e. The van der Waals surface area contributed by atoms with Gasteiger partial charge in [-0.1, -0.05) is 36.4 Å². The molecule has 3 aromatic rings. The fourth-order valence-corrected chi connectivity index (χ4v) is 5.05. The normalized spacial score (nSPS) is 15.6. The molecule has 43 heavy (non-hydrogen) atoms. The Bertz CT molecular complexity index is 1460. The second-order valence-electron chi connectivity index (χ2n) is 10.2. The van der Waals surface area contributed by atoms with Crippen LogP contribution in [0.5, 0.6) is 0 Å². The van der Waals surface area contributed by atoms with Crippen molar-refractivity contribution in [1.29, 1.82) is 0 Å². The summed E-state index contributed by atoms with van der Waals surface area (Å²) in [6.45, 7) is -0.0760. The molecule has 0 heterocycles. The molecular formula is C30H27F6N3O4. The van der Waals surface area contributed by atoms with Crippen molar-refractivity contribution in [3.8, 4) is 0 Å². The fraction of sp³-hybridized carbons (Fsp3) is 0.300. The number of aryl methyl sites for hydroxylation is 1. The number of aliphatic carboxylic acids is 1. The number of anilines is 1. The average Bonchev–Trinajstić information content (AvgIpc) is 2.94. The minimum absolute atomic E-state index is 0.0231. The lowest BCUT2D eigenvalue weighted by Gasteiger charge is -2.32. The number of hydrogen-bond donors (Lipinski definition) is 4.